The molecule has 0 fully saturated rings. The number of anilines is 1. The lowest BCUT2D eigenvalue weighted by molar-refractivity contribution is 0.0526. The van der Waals surface area contributed by atoms with Crippen molar-refractivity contribution in [3.05, 3.63) is 53.7 Å². The van der Waals surface area contributed by atoms with E-state index in [2.05, 4.69) is 10.3 Å². The Kier molecular flexibility index (Phi) is 5.15. The van der Waals surface area contributed by atoms with E-state index in [1.165, 1.54) is 0 Å². The molecule has 0 saturated heterocycles. The van der Waals surface area contributed by atoms with Gasteiger partial charge in [0, 0.05) is 24.5 Å². The number of nitrogens with zero attached hydrogens (tertiary/aromatic N) is 1. The quantitative estimate of drug-likeness (QED) is 0.827. The highest BCUT2D eigenvalue weighted by Crippen LogP contribution is 2.14. The lowest BCUT2D eigenvalue weighted by atomic mass is 10.2. The van der Waals surface area contributed by atoms with Gasteiger partial charge in [-0.15, -0.1) is 0 Å². The zero-order valence-electron chi connectivity index (χ0n) is 12.1. The van der Waals surface area contributed by atoms with Crippen LogP contribution in [0.5, 0.6) is 5.88 Å². The van der Waals surface area contributed by atoms with Crippen LogP contribution >= 0.6 is 0 Å². The molecule has 21 heavy (non-hydrogen) atoms. The molecule has 1 aromatic heterocycles. The van der Waals surface area contributed by atoms with Crippen molar-refractivity contribution < 1.29 is 14.3 Å². The Labute approximate surface area is 123 Å². The third-order valence-electron chi connectivity index (χ3n) is 2.88. The molecule has 0 bridgehead atoms. The van der Waals surface area contributed by atoms with E-state index in [1.54, 1.807) is 32.4 Å². The zero-order valence-corrected chi connectivity index (χ0v) is 12.1. The Hall–Kier alpha value is -2.56. The van der Waals surface area contributed by atoms with Crippen molar-refractivity contribution in [2.45, 2.75) is 13.5 Å². The van der Waals surface area contributed by atoms with E-state index in [0.29, 0.717) is 24.6 Å². The van der Waals surface area contributed by atoms with Gasteiger partial charge in [-0.1, -0.05) is 12.1 Å². The Balaban J connectivity index is 1.99. The molecule has 0 radical (unpaired) electrons. The number of ether oxygens (including phenoxy) is 2. The van der Waals surface area contributed by atoms with Gasteiger partial charge in [0.15, 0.2) is 0 Å². The second kappa shape index (κ2) is 7.28. The van der Waals surface area contributed by atoms with Crippen LogP contribution in [0.4, 0.5) is 5.69 Å². The summed E-state index contributed by atoms with van der Waals surface area (Å²) in [4.78, 5) is 15.8. The summed E-state index contributed by atoms with van der Waals surface area (Å²) < 4.78 is 9.99. The largest absolute Gasteiger partial charge is 0.481 e. The molecule has 0 atom stereocenters. The number of hydrogen-bond donors (Lipinski definition) is 1. The standard InChI is InChI=1S/C16H18N2O3/c1-3-21-16(19)13-5-4-6-14(9-13)17-10-12-7-8-15(20-2)18-11-12/h4-9,11,17H,3,10H2,1-2H3. The molecule has 2 aromatic rings. The summed E-state index contributed by atoms with van der Waals surface area (Å²) in [6, 6.07) is 11.0. The molecule has 1 heterocycles. The van der Waals surface area contributed by atoms with Crippen LogP contribution in [0, 0.1) is 0 Å². The molecule has 110 valence electrons. The second-order valence-electron chi connectivity index (χ2n) is 4.36. The van der Waals surface area contributed by atoms with Gasteiger partial charge in [-0.3, -0.25) is 0 Å². The van der Waals surface area contributed by atoms with Crippen molar-refractivity contribution in [2.24, 2.45) is 0 Å². The zero-order chi connectivity index (χ0) is 15.1. The first-order valence-corrected chi connectivity index (χ1v) is 6.73. The maximum Gasteiger partial charge on any atom is 0.338 e. The number of hydrogen-bond acceptors (Lipinski definition) is 5. The number of carbonyl (C=O) groups is 1. The van der Waals surface area contributed by atoms with Crippen LogP contribution in [0.1, 0.15) is 22.8 Å². The summed E-state index contributed by atoms with van der Waals surface area (Å²) in [6.45, 7) is 2.77. The molecule has 0 spiro atoms. The summed E-state index contributed by atoms with van der Waals surface area (Å²) in [5, 5.41) is 3.25. The number of nitrogens with one attached hydrogen (secondary N) is 1. The van der Waals surface area contributed by atoms with E-state index in [1.807, 2.05) is 24.3 Å². The van der Waals surface area contributed by atoms with Gasteiger partial charge in [0.25, 0.3) is 0 Å². The third kappa shape index (κ3) is 4.21. The highest BCUT2D eigenvalue weighted by Gasteiger charge is 2.06. The van der Waals surface area contributed by atoms with Gasteiger partial charge in [-0.05, 0) is 30.7 Å². The van der Waals surface area contributed by atoms with Crippen LogP contribution in [-0.2, 0) is 11.3 Å². The highest BCUT2D eigenvalue weighted by atomic mass is 16.5. The average molecular weight is 286 g/mol. The molecule has 0 aliphatic heterocycles. The van der Waals surface area contributed by atoms with E-state index in [9.17, 15) is 4.79 Å². The van der Waals surface area contributed by atoms with Crippen molar-refractivity contribution in [3.63, 3.8) is 0 Å². The fraction of sp³-hybridized carbons (Fsp3) is 0.250. The van der Waals surface area contributed by atoms with E-state index in [0.717, 1.165) is 11.3 Å². The van der Waals surface area contributed by atoms with Crippen molar-refractivity contribution in [2.75, 3.05) is 19.0 Å². The van der Waals surface area contributed by atoms with Crippen LogP contribution < -0.4 is 10.1 Å². The predicted molar refractivity (Wildman–Crippen MR) is 80.5 cm³/mol. The SMILES string of the molecule is CCOC(=O)c1cccc(NCc2ccc(OC)nc2)c1. The molecule has 2 rings (SSSR count). The predicted octanol–water partition coefficient (Wildman–Crippen LogP) is 2.88. The first-order valence-electron chi connectivity index (χ1n) is 6.73. The minimum absolute atomic E-state index is 0.313. The minimum Gasteiger partial charge on any atom is -0.481 e. The topological polar surface area (TPSA) is 60.5 Å². The van der Waals surface area contributed by atoms with Crippen LogP contribution in [0.3, 0.4) is 0 Å². The summed E-state index contributed by atoms with van der Waals surface area (Å²) in [5.41, 5.74) is 2.42. The van der Waals surface area contributed by atoms with Gasteiger partial charge >= 0.3 is 5.97 Å². The molecule has 5 nitrogen and oxygen atoms in total. The average Bonchev–Trinajstić information content (AvgIpc) is 2.54. The molecular weight excluding hydrogens is 268 g/mol. The van der Waals surface area contributed by atoms with E-state index in [-0.39, 0.29) is 5.97 Å². The van der Waals surface area contributed by atoms with E-state index < -0.39 is 0 Å². The van der Waals surface area contributed by atoms with E-state index >= 15 is 0 Å². The molecule has 0 aliphatic carbocycles. The van der Waals surface area contributed by atoms with Crippen molar-refractivity contribution >= 4 is 11.7 Å². The molecule has 1 N–H and O–H groups in total. The lowest BCUT2D eigenvalue weighted by Gasteiger charge is -2.08. The first kappa shape index (κ1) is 14.8. The van der Waals surface area contributed by atoms with Crippen molar-refractivity contribution in [3.8, 4) is 5.88 Å². The molecule has 0 aliphatic rings. The maximum absolute atomic E-state index is 11.7. The summed E-state index contributed by atoms with van der Waals surface area (Å²) in [6.07, 6.45) is 1.75. The summed E-state index contributed by atoms with van der Waals surface area (Å²) in [7, 11) is 1.58. The number of benzene rings is 1. The van der Waals surface area contributed by atoms with Gasteiger partial charge in [0.2, 0.25) is 5.88 Å². The molecule has 1 aromatic carbocycles. The molecule has 5 heteroatoms. The van der Waals surface area contributed by atoms with Crippen LogP contribution in [0.25, 0.3) is 0 Å². The number of pyridine rings is 1. The Bertz CT molecular complexity index is 597. The Morgan fingerprint density at radius 3 is 2.81 bits per heavy atom. The molecule has 0 saturated carbocycles. The number of methoxy groups -OCH3 is 1. The van der Waals surface area contributed by atoms with Crippen LogP contribution in [0.15, 0.2) is 42.6 Å². The van der Waals surface area contributed by atoms with Crippen molar-refractivity contribution in [1.29, 1.82) is 0 Å². The van der Waals surface area contributed by atoms with E-state index in [4.69, 9.17) is 9.47 Å². The van der Waals surface area contributed by atoms with Crippen LogP contribution in [0.2, 0.25) is 0 Å². The third-order valence-corrected chi connectivity index (χ3v) is 2.88. The van der Waals surface area contributed by atoms with Gasteiger partial charge in [0.05, 0.1) is 19.3 Å². The van der Waals surface area contributed by atoms with Crippen LogP contribution in [-0.4, -0.2) is 24.7 Å². The fourth-order valence-corrected chi connectivity index (χ4v) is 1.81. The monoisotopic (exact) mass is 286 g/mol. The molecular formula is C16H18N2O3. The molecule has 0 amide bonds. The molecule has 0 unspecified atom stereocenters. The number of rotatable bonds is 6. The normalized spacial score (nSPS) is 10.0. The first-order chi connectivity index (χ1) is 10.2. The Morgan fingerprint density at radius 1 is 1.29 bits per heavy atom. The number of aromatic nitrogens is 1. The maximum atomic E-state index is 11.7. The summed E-state index contributed by atoms with van der Waals surface area (Å²) in [5.74, 6) is 0.273. The highest BCUT2D eigenvalue weighted by molar-refractivity contribution is 5.90. The van der Waals surface area contributed by atoms with Gasteiger partial charge in [-0.2, -0.15) is 0 Å². The smallest absolute Gasteiger partial charge is 0.338 e. The van der Waals surface area contributed by atoms with Gasteiger partial charge in [-0.25, -0.2) is 9.78 Å². The van der Waals surface area contributed by atoms with Gasteiger partial charge in [0.1, 0.15) is 0 Å². The Morgan fingerprint density at radius 2 is 2.14 bits per heavy atom. The fourth-order valence-electron chi connectivity index (χ4n) is 1.81. The lowest BCUT2D eigenvalue weighted by Crippen LogP contribution is -2.06. The van der Waals surface area contributed by atoms with Gasteiger partial charge < -0.3 is 14.8 Å². The number of esters is 1. The summed E-state index contributed by atoms with van der Waals surface area (Å²) >= 11 is 0. The number of carbonyl (C=O) groups excluding carboxylic acids is 1. The van der Waals surface area contributed by atoms with Crippen molar-refractivity contribution in [1.82, 2.24) is 4.98 Å². The minimum atomic E-state index is -0.313. The second-order valence-corrected chi connectivity index (χ2v) is 4.36.